The van der Waals surface area contributed by atoms with Gasteiger partial charge in [0, 0.05) is 17.6 Å². The maximum atomic E-state index is 13.2. The lowest BCUT2D eigenvalue weighted by molar-refractivity contribution is 0.271. The van der Waals surface area contributed by atoms with Gasteiger partial charge in [0.15, 0.2) is 0 Å². The Morgan fingerprint density at radius 1 is 1.24 bits per heavy atom. The molecular formula is C13H19BrFNO. The zero-order valence-electron chi connectivity index (χ0n) is 10.1. The summed E-state index contributed by atoms with van der Waals surface area (Å²) in [6.45, 7) is 1.98. The molecule has 0 aliphatic heterocycles. The van der Waals surface area contributed by atoms with Crippen LogP contribution in [0.2, 0.25) is 0 Å². The second-order valence-corrected chi connectivity index (χ2v) is 5.22. The van der Waals surface area contributed by atoms with Gasteiger partial charge in [-0.3, -0.25) is 0 Å². The van der Waals surface area contributed by atoms with Crippen LogP contribution >= 0.6 is 15.9 Å². The van der Waals surface area contributed by atoms with Crippen LogP contribution in [0.3, 0.4) is 0 Å². The minimum absolute atomic E-state index is 0.206. The number of benzene rings is 1. The maximum Gasteiger partial charge on any atom is 0.124 e. The van der Waals surface area contributed by atoms with Crippen molar-refractivity contribution in [2.45, 2.75) is 25.8 Å². The number of aliphatic hydroxyl groups excluding tert-OH is 1. The molecule has 0 spiro atoms. The van der Waals surface area contributed by atoms with Gasteiger partial charge in [0.05, 0.1) is 0 Å². The van der Waals surface area contributed by atoms with Crippen molar-refractivity contribution in [1.82, 2.24) is 4.90 Å². The molecule has 0 unspecified atom stereocenters. The topological polar surface area (TPSA) is 23.5 Å². The second kappa shape index (κ2) is 7.80. The normalized spacial score (nSPS) is 11.1. The van der Waals surface area contributed by atoms with E-state index in [-0.39, 0.29) is 12.4 Å². The molecule has 0 saturated carbocycles. The Kier molecular flexibility index (Phi) is 6.70. The predicted molar refractivity (Wildman–Crippen MR) is 71.4 cm³/mol. The highest BCUT2D eigenvalue weighted by Gasteiger charge is 2.03. The first-order valence-corrected chi connectivity index (χ1v) is 6.65. The van der Waals surface area contributed by atoms with Crippen molar-refractivity contribution < 1.29 is 9.50 Å². The summed E-state index contributed by atoms with van der Waals surface area (Å²) in [7, 11) is 2.03. The van der Waals surface area contributed by atoms with Crippen LogP contribution in [0, 0.1) is 5.82 Å². The fourth-order valence-electron chi connectivity index (χ4n) is 1.76. The maximum absolute atomic E-state index is 13.2. The predicted octanol–water partition coefficient (Wildman–Crippen LogP) is 3.18. The summed E-state index contributed by atoms with van der Waals surface area (Å²) >= 11 is 3.29. The van der Waals surface area contributed by atoms with Crippen LogP contribution in [0.4, 0.5) is 4.39 Å². The zero-order chi connectivity index (χ0) is 12.7. The Balaban J connectivity index is 2.36. The molecule has 0 aromatic heterocycles. The smallest absolute Gasteiger partial charge is 0.124 e. The fraction of sp³-hybridized carbons (Fsp3) is 0.538. The molecule has 0 radical (unpaired) electrons. The van der Waals surface area contributed by atoms with E-state index in [1.165, 1.54) is 6.07 Å². The number of halogens is 2. The van der Waals surface area contributed by atoms with Crippen LogP contribution in [0.5, 0.6) is 0 Å². The lowest BCUT2D eigenvalue weighted by Gasteiger charge is -2.16. The molecule has 0 aliphatic carbocycles. The molecule has 0 amide bonds. The number of aliphatic hydroxyl groups is 1. The van der Waals surface area contributed by atoms with Gasteiger partial charge in [0.1, 0.15) is 5.82 Å². The summed E-state index contributed by atoms with van der Waals surface area (Å²) in [6, 6.07) is 4.97. The van der Waals surface area contributed by atoms with E-state index in [2.05, 4.69) is 20.8 Å². The van der Waals surface area contributed by atoms with Gasteiger partial charge in [-0.1, -0.05) is 15.9 Å². The Hall–Kier alpha value is -0.450. The minimum atomic E-state index is -0.206. The SMILES string of the molecule is CN(CCCCCO)Cc1cc(F)cc(Br)c1. The molecule has 0 bridgehead atoms. The van der Waals surface area contributed by atoms with Crippen LogP contribution in [-0.2, 0) is 6.54 Å². The van der Waals surface area contributed by atoms with Crippen molar-refractivity contribution in [3.8, 4) is 0 Å². The Morgan fingerprint density at radius 3 is 2.65 bits per heavy atom. The van der Waals surface area contributed by atoms with Gasteiger partial charge in [0.2, 0.25) is 0 Å². The average Bonchev–Trinajstić information content (AvgIpc) is 2.23. The summed E-state index contributed by atoms with van der Waals surface area (Å²) in [5.41, 5.74) is 0.974. The van der Waals surface area contributed by atoms with Crippen molar-refractivity contribution in [2.24, 2.45) is 0 Å². The van der Waals surface area contributed by atoms with Gasteiger partial charge < -0.3 is 10.0 Å². The minimum Gasteiger partial charge on any atom is -0.396 e. The molecule has 1 aromatic rings. The van der Waals surface area contributed by atoms with Crippen LogP contribution in [0.25, 0.3) is 0 Å². The third kappa shape index (κ3) is 6.15. The molecule has 0 atom stereocenters. The number of hydrogen-bond acceptors (Lipinski definition) is 2. The van der Waals surface area contributed by atoms with Crippen LogP contribution in [0.1, 0.15) is 24.8 Å². The zero-order valence-corrected chi connectivity index (χ0v) is 11.7. The first kappa shape index (κ1) is 14.6. The molecule has 0 aliphatic rings. The molecule has 1 rings (SSSR count). The summed E-state index contributed by atoms with van der Waals surface area (Å²) in [4.78, 5) is 2.17. The molecule has 0 heterocycles. The van der Waals surface area contributed by atoms with E-state index in [0.717, 1.165) is 42.4 Å². The molecule has 17 heavy (non-hydrogen) atoms. The van der Waals surface area contributed by atoms with Crippen LogP contribution < -0.4 is 0 Å². The Labute approximate surface area is 111 Å². The van der Waals surface area contributed by atoms with E-state index < -0.39 is 0 Å². The monoisotopic (exact) mass is 303 g/mol. The first-order chi connectivity index (χ1) is 8.11. The lowest BCUT2D eigenvalue weighted by Crippen LogP contribution is -2.19. The number of rotatable bonds is 7. The number of nitrogens with zero attached hydrogens (tertiary/aromatic N) is 1. The highest BCUT2D eigenvalue weighted by molar-refractivity contribution is 9.10. The molecule has 4 heteroatoms. The highest BCUT2D eigenvalue weighted by Crippen LogP contribution is 2.16. The average molecular weight is 304 g/mol. The van der Waals surface area contributed by atoms with E-state index >= 15 is 0 Å². The van der Waals surface area contributed by atoms with Crippen molar-refractivity contribution >= 4 is 15.9 Å². The van der Waals surface area contributed by atoms with Crippen molar-refractivity contribution in [1.29, 1.82) is 0 Å². The standard InChI is InChI=1S/C13H19BrFNO/c1-16(5-3-2-4-6-17)10-11-7-12(14)9-13(15)8-11/h7-9,17H,2-6,10H2,1H3. The van der Waals surface area contributed by atoms with E-state index in [4.69, 9.17) is 5.11 Å². The van der Waals surface area contributed by atoms with E-state index in [1.54, 1.807) is 6.07 Å². The largest absolute Gasteiger partial charge is 0.396 e. The summed E-state index contributed by atoms with van der Waals surface area (Å²) in [5.74, 6) is -0.206. The van der Waals surface area contributed by atoms with Crippen molar-refractivity contribution in [3.63, 3.8) is 0 Å². The third-order valence-corrected chi connectivity index (χ3v) is 3.03. The summed E-state index contributed by atoms with van der Waals surface area (Å²) in [6.07, 6.45) is 2.96. The summed E-state index contributed by atoms with van der Waals surface area (Å²) < 4.78 is 13.9. The van der Waals surface area contributed by atoms with Crippen molar-refractivity contribution in [3.05, 3.63) is 34.1 Å². The molecule has 1 aromatic carbocycles. The Morgan fingerprint density at radius 2 is 2.00 bits per heavy atom. The first-order valence-electron chi connectivity index (χ1n) is 5.86. The lowest BCUT2D eigenvalue weighted by atomic mass is 10.2. The van der Waals surface area contributed by atoms with Gasteiger partial charge in [-0.15, -0.1) is 0 Å². The number of unbranched alkanes of at least 4 members (excludes halogenated alkanes) is 2. The van der Waals surface area contributed by atoms with E-state index in [9.17, 15) is 4.39 Å². The van der Waals surface area contributed by atoms with Gasteiger partial charge >= 0.3 is 0 Å². The molecule has 0 fully saturated rings. The molecular weight excluding hydrogens is 285 g/mol. The quantitative estimate of drug-likeness (QED) is 0.782. The molecule has 0 saturated heterocycles. The van der Waals surface area contributed by atoms with Crippen LogP contribution in [-0.4, -0.2) is 30.2 Å². The van der Waals surface area contributed by atoms with Gasteiger partial charge in [-0.05, 0) is 56.6 Å². The second-order valence-electron chi connectivity index (χ2n) is 4.30. The Bertz CT molecular complexity index is 326. The van der Waals surface area contributed by atoms with Gasteiger partial charge in [-0.25, -0.2) is 4.39 Å². The van der Waals surface area contributed by atoms with Gasteiger partial charge in [-0.2, -0.15) is 0 Å². The fourth-order valence-corrected chi connectivity index (χ4v) is 2.28. The van der Waals surface area contributed by atoms with E-state index in [1.807, 2.05) is 13.1 Å². The molecule has 1 N–H and O–H groups in total. The third-order valence-electron chi connectivity index (χ3n) is 2.57. The van der Waals surface area contributed by atoms with Crippen LogP contribution in [0.15, 0.2) is 22.7 Å². The molecule has 2 nitrogen and oxygen atoms in total. The van der Waals surface area contributed by atoms with Crippen molar-refractivity contribution in [2.75, 3.05) is 20.2 Å². The van der Waals surface area contributed by atoms with Gasteiger partial charge in [0.25, 0.3) is 0 Å². The summed E-state index contributed by atoms with van der Waals surface area (Å²) in [5, 5.41) is 8.67. The highest BCUT2D eigenvalue weighted by atomic mass is 79.9. The number of hydrogen-bond donors (Lipinski definition) is 1. The molecule has 96 valence electrons. The van der Waals surface area contributed by atoms with E-state index in [0.29, 0.717) is 0 Å².